The van der Waals surface area contributed by atoms with E-state index in [4.69, 9.17) is 22.1 Å². The maximum Gasteiger partial charge on any atom is 0.266 e. The summed E-state index contributed by atoms with van der Waals surface area (Å²) in [4.78, 5) is 15.7. The molecule has 216 valence electrons. The van der Waals surface area contributed by atoms with E-state index in [2.05, 4.69) is 0 Å². The van der Waals surface area contributed by atoms with Crippen LogP contribution in [0.2, 0.25) is 0 Å². The number of thioether (sulfide) groups is 1. The first-order valence-electron chi connectivity index (χ1n) is 13.9. The number of thiocarbonyl (C=S) groups is 1. The van der Waals surface area contributed by atoms with E-state index in [-0.39, 0.29) is 16.9 Å². The standard InChI is InChI=1S/C30H34N4O4S3/c1-3-15-32(16-4-2)41(36,37)26-14-8-10-22(18-26)28-23(20-34(31-28)24-11-6-5-7-12-24)19-27-29(35)33(30(39)40-27)21-25-13-9-17-38-25/h5-8,10-12,14,18-20,25H,3-4,9,13,15-17,21H2,1-2H3. The van der Waals surface area contributed by atoms with E-state index in [0.717, 1.165) is 31.4 Å². The quantitative estimate of drug-likeness (QED) is 0.203. The second kappa shape index (κ2) is 13.0. The largest absolute Gasteiger partial charge is 0.376 e. The summed E-state index contributed by atoms with van der Waals surface area (Å²) in [7, 11) is -3.68. The van der Waals surface area contributed by atoms with Crippen LogP contribution in [-0.2, 0) is 19.6 Å². The van der Waals surface area contributed by atoms with E-state index < -0.39 is 10.0 Å². The number of nitrogens with zero attached hydrogens (tertiary/aromatic N) is 4. The zero-order valence-corrected chi connectivity index (χ0v) is 25.7. The van der Waals surface area contributed by atoms with Crippen molar-refractivity contribution in [3.8, 4) is 16.9 Å². The topological polar surface area (TPSA) is 84.7 Å². The summed E-state index contributed by atoms with van der Waals surface area (Å²) in [5.41, 5.74) is 2.77. The summed E-state index contributed by atoms with van der Waals surface area (Å²) in [6.45, 7) is 6.02. The average molecular weight is 611 g/mol. The molecule has 1 atom stereocenters. The summed E-state index contributed by atoms with van der Waals surface area (Å²) in [6.07, 6.45) is 7.03. The number of amides is 1. The normalized spacial score (nSPS) is 18.8. The summed E-state index contributed by atoms with van der Waals surface area (Å²) >= 11 is 6.82. The Labute approximate surface area is 251 Å². The van der Waals surface area contributed by atoms with Gasteiger partial charge in [0.05, 0.1) is 28.1 Å². The minimum absolute atomic E-state index is 0.00193. The third-order valence-electron chi connectivity index (χ3n) is 7.02. The minimum atomic E-state index is -3.68. The molecule has 0 spiro atoms. The molecule has 1 amide bonds. The van der Waals surface area contributed by atoms with Crippen LogP contribution in [0.1, 0.15) is 45.1 Å². The Balaban J connectivity index is 1.54. The van der Waals surface area contributed by atoms with Gasteiger partial charge in [-0.05, 0) is 56.0 Å². The lowest BCUT2D eigenvalue weighted by atomic mass is 10.1. The van der Waals surface area contributed by atoms with Gasteiger partial charge in [0.15, 0.2) is 0 Å². The summed E-state index contributed by atoms with van der Waals surface area (Å²) in [5, 5.41) is 4.86. The summed E-state index contributed by atoms with van der Waals surface area (Å²) in [5.74, 6) is -0.153. The molecular weight excluding hydrogens is 577 g/mol. The van der Waals surface area contributed by atoms with Crippen LogP contribution >= 0.6 is 24.0 Å². The third kappa shape index (κ3) is 6.49. The number of carbonyl (C=O) groups is 1. The van der Waals surface area contributed by atoms with E-state index in [1.165, 1.54) is 16.1 Å². The fraction of sp³-hybridized carbons (Fsp3) is 0.367. The molecule has 0 saturated carbocycles. The van der Waals surface area contributed by atoms with Gasteiger partial charge in [-0.3, -0.25) is 9.69 Å². The van der Waals surface area contributed by atoms with Crippen LogP contribution in [0.5, 0.6) is 0 Å². The Morgan fingerprint density at radius 1 is 1.12 bits per heavy atom. The summed E-state index contributed by atoms with van der Waals surface area (Å²) in [6, 6.07) is 16.6. The Bertz CT molecular complexity index is 1540. The number of ether oxygens (including phenoxy) is 1. The van der Waals surface area contributed by atoms with Gasteiger partial charge >= 0.3 is 0 Å². The van der Waals surface area contributed by atoms with Gasteiger partial charge in [-0.2, -0.15) is 9.40 Å². The van der Waals surface area contributed by atoms with E-state index in [0.29, 0.717) is 52.3 Å². The lowest BCUT2D eigenvalue weighted by molar-refractivity contribution is -0.123. The zero-order valence-electron chi connectivity index (χ0n) is 23.2. The van der Waals surface area contributed by atoms with E-state index in [1.807, 2.05) is 56.4 Å². The smallest absolute Gasteiger partial charge is 0.266 e. The highest BCUT2D eigenvalue weighted by Gasteiger charge is 2.35. The first-order chi connectivity index (χ1) is 19.8. The number of benzene rings is 2. The number of hydrogen-bond donors (Lipinski definition) is 0. The molecule has 2 fully saturated rings. The molecule has 2 aliphatic heterocycles. The number of sulfonamides is 1. The van der Waals surface area contributed by atoms with Gasteiger partial charge < -0.3 is 4.74 Å². The third-order valence-corrected chi connectivity index (χ3v) is 10.3. The maximum absolute atomic E-state index is 13.6. The molecule has 2 saturated heterocycles. The van der Waals surface area contributed by atoms with E-state index in [9.17, 15) is 13.2 Å². The zero-order chi connectivity index (χ0) is 29.0. The second-order valence-electron chi connectivity index (χ2n) is 10.1. The molecule has 11 heteroatoms. The first-order valence-corrected chi connectivity index (χ1v) is 16.6. The van der Waals surface area contributed by atoms with Crippen molar-refractivity contribution < 1.29 is 17.9 Å². The number of hydrogen-bond acceptors (Lipinski definition) is 7. The van der Waals surface area contributed by atoms with Crippen LogP contribution < -0.4 is 0 Å². The highest BCUT2D eigenvalue weighted by molar-refractivity contribution is 8.26. The summed E-state index contributed by atoms with van der Waals surface area (Å²) < 4.78 is 36.6. The van der Waals surface area contributed by atoms with Crippen LogP contribution in [0.4, 0.5) is 0 Å². The van der Waals surface area contributed by atoms with Crippen LogP contribution in [0.15, 0.2) is 70.6 Å². The van der Waals surface area contributed by atoms with Crippen LogP contribution in [0.25, 0.3) is 23.0 Å². The van der Waals surface area contributed by atoms with Gasteiger partial charge in [-0.1, -0.05) is 68.2 Å². The van der Waals surface area contributed by atoms with Crippen molar-refractivity contribution in [2.45, 2.75) is 50.5 Å². The van der Waals surface area contributed by atoms with Gasteiger partial charge in [0.2, 0.25) is 10.0 Å². The van der Waals surface area contributed by atoms with Crippen molar-refractivity contribution in [2.24, 2.45) is 0 Å². The molecule has 1 unspecified atom stereocenters. The van der Waals surface area contributed by atoms with Crippen molar-refractivity contribution in [3.05, 3.63) is 71.3 Å². The monoisotopic (exact) mass is 610 g/mol. The lowest BCUT2D eigenvalue weighted by Gasteiger charge is -2.21. The average Bonchev–Trinajstić information content (AvgIpc) is 3.71. The predicted octanol–water partition coefficient (Wildman–Crippen LogP) is 5.73. The van der Waals surface area contributed by atoms with Gasteiger partial charge in [0, 0.05) is 37.0 Å². The molecule has 0 N–H and O–H groups in total. The second-order valence-corrected chi connectivity index (χ2v) is 13.7. The molecule has 0 radical (unpaired) electrons. The highest BCUT2D eigenvalue weighted by atomic mass is 32.2. The molecule has 1 aromatic heterocycles. The lowest BCUT2D eigenvalue weighted by Crippen LogP contribution is -2.35. The van der Waals surface area contributed by atoms with Crippen LogP contribution in [0.3, 0.4) is 0 Å². The van der Waals surface area contributed by atoms with Crippen LogP contribution in [-0.4, -0.2) is 70.0 Å². The number of para-hydroxylation sites is 1. The molecule has 5 rings (SSSR count). The van der Waals surface area contributed by atoms with Crippen molar-refractivity contribution in [3.63, 3.8) is 0 Å². The highest BCUT2D eigenvalue weighted by Crippen LogP contribution is 2.36. The van der Waals surface area contributed by atoms with Crippen molar-refractivity contribution >= 4 is 50.3 Å². The van der Waals surface area contributed by atoms with Gasteiger partial charge in [0.25, 0.3) is 5.91 Å². The molecule has 3 heterocycles. The number of rotatable bonds is 11. The molecule has 41 heavy (non-hydrogen) atoms. The molecule has 0 bridgehead atoms. The Kier molecular flexibility index (Phi) is 9.40. The molecule has 2 aliphatic rings. The van der Waals surface area contributed by atoms with E-state index in [1.54, 1.807) is 33.9 Å². The maximum atomic E-state index is 13.6. The Morgan fingerprint density at radius 2 is 1.88 bits per heavy atom. The van der Waals surface area contributed by atoms with E-state index >= 15 is 0 Å². The fourth-order valence-electron chi connectivity index (χ4n) is 5.02. The fourth-order valence-corrected chi connectivity index (χ4v) is 7.96. The number of carbonyl (C=O) groups excluding carboxylic acids is 1. The molecule has 8 nitrogen and oxygen atoms in total. The van der Waals surface area contributed by atoms with Crippen molar-refractivity contribution in [1.82, 2.24) is 19.0 Å². The molecule has 2 aromatic carbocycles. The van der Waals surface area contributed by atoms with Gasteiger partial charge in [-0.25, -0.2) is 13.1 Å². The molecule has 0 aliphatic carbocycles. The molecular formula is C30H34N4O4S3. The Morgan fingerprint density at radius 3 is 2.56 bits per heavy atom. The minimum Gasteiger partial charge on any atom is -0.376 e. The first kappa shape index (κ1) is 29.7. The number of aromatic nitrogens is 2. The van der Waals surface area contributed by atoms with Gasteiger partial charge in [-0.15, -0.1) is 0 Å². The predicted molar refractivity (Wildman–Crippen MR) is 167 cm³/mol. The molecule has 3 aromatic rings. The van der Waals surface area contributed by atoms with Crippen LogP contribution in [0, 0.1) is 0 Å². The van der Waals surface area contributed by atoms with Gasteiger partial charge in [0.1, 0.15) is 10.0 Å². The Hall–Kier alpha value is -2.83. The van der Waals surface area contributed by atoms with Crippen molar-refractivity contribution in [1.29, 1.82) is 0 Å². The van der Waals surface area contributed by atoms with Crippen molar-refractivity contribution in [2.75, 3.05) is 26.2 Å². The SMILES string of the molecule is CCCN(CCC)S(=O)(=O)c1cccc(-c2nn(-c3ccccc3)cc2C=C2SC(=S)N(CC3CCCO3)C2=O)c1.